The third kappa shape index (κ3) is 3.61. The highest BCUT2D eigenvalue weighted by atomic mass is 79.9. The van der Waals surface area contributed by atoms with Gasteiger partial charge in [-0.1, -0.05) is 6.92 Å². The Bertz CT molecular complexity index is 336. The van der Waals surface area contributed by atoms with E-state index in [-0.39, 0.29) is 12.6 Å². The Morgan fingerprint density at radius 3 is 2.94 bits per heavy atom. The number of aromatic nitrogens is 2. The predicted molar refractivity (Wildman–Crippen MR) is 65.7 cm³/mol. The SMILES string of the molecule is CCC(CCO)Nc1ncc(Br)c(OC)n1. The summed E-state index contributed by atoms with van der Waals surface area (Å²) in [7, 11) is 1.56. The summed E-state index contributed by atoms with van der Waals surface area (Å²) in [5.74, 6) is 1.01. The molecule has 5 nitrogen and oxygen atoms in total. The van der Waals surface area contributed by atoms with Gasteiger partial charge >= 0.3 is 0 Å². The van der Waals surface area contributed by atoms with Gasteiger partial charge in [0, 0.05) is 12.6 Å². The molecule has 0 bridgehead atoms. The van der Waals surface area contributed by atoms with Crippen molar-refractivity contribution in [2.75, 3.05) is 19.0 Å². The minimum Gasteiger partial charge on any atom is -0.480 e. The van der Waals surface area contributed by atoms with Gasteiger partial charge < -0.3 is 15.2 Å². The number of nitrogens with one attached hydrogen (secondary N) is 1. The molecule has 0 aliphatic heterocycles. The van der Waals surface area contributed by atoms with Crippen LogP contribution in [0.4, 0.5) is 5.95 Å². The molecule has 0 aliphatic carbocycles. The molecule has 1 aromatic rings. The summed E-state index contributed by atoms with van der Waals surface area (Å²) in [5.41, 5.74) is 0. The first-order chi connectivity index (χ1) is 7.71. The monoisotopic (exact) mass is 289 g/mol. The predicted octanol–water partition coefficient (Wildman–Crippen LogP) is 1.82. The van der Waals surface area contributed by atoms with E-state index < -0.39 is 0 Å². The lowest BCUT2D eigenvalue weighted by molar-refractivity contribution is 0.278. The molecule has 0 saturated heterocycles. The first-order valence-electron chi connectivity index (χ1n) is 5.15. The van der Waals surface area contributed by atoms with Crippen molar-refractivity contribution in [2.45, 2.75) is 25.8 Å². The second kappa shape index (κ2) is 6.65. The van der Waals surface area contributed by atoms with Crippen LogP contribution in [0.1, 0.15) is 19.8 Å². The van der Waals surface area contributed by atoms with Gasteiger partial charge in [-0.2, -0.15) is 4.98 Å². The number of nitrogens with zero attached hydrogens (tertiary/aromatic N) is 2. The van der Waals surface area contributed by atoms with E-state index in [0.29, 0.717) is 18.2 Å². The lowest BCUT2D eigenvalue weighted by Gasteiger charge is -2.15. The summed E-state index contributed by atoms with van der Waals surface area (Å²) in [6.07, 6.45) is 3.22. The third-order valence-electron chi connectivity index (χ3n) is 2.21. The fraction of sp³-hybridized carbons (Fsp3) is 0.600. The van der Waals surface area contributed by atoms with E-state index in [2.05, 4.69) is 31.2 Å². The smallest absolute Gasteiger partial charge is 0.232 e. The molecule has 1 rings (SSSR count). The number of anilines is 1. The second-order valence-corrected chi connectivity index (χ2v) is 4.17. The van der Waals surface area contributed by atoms with Crippen LogP contribution in [0.25, 0.3) is 0 Å². The van der Waals surface area contributed by atoms with Crippen molar-refractivity contribution < 1.29 is 9.84 Å². The Morgan fingerprint density at radius 2 is 2.38 bits per heavy atom. The number of aliphatic hydroxyl groups is 1. The molecule has 0 saturated carbocycles. The molecule has 0 fully saturated rings. The van der Waals surface area contributed by atoms with Gasteiger partial charge in [0.15, 0.2) is 0 Å². The summed E-state index contributed by atoms with van der Waals surface area (Å²) in [4.78, 5) is 8.31. The van der Waals surface area contributed by atoms with Crippen LogP contribution >= 0.6 is 15.9 Å². The maximum Gasteiger partial charge on any atom is 0.232 e. The van der Waals surface area contributed by atoms with Gasteiger partial charge in [-0.25, -0.2) is 4.98 Å². The van der Waals surface area contributed by atoms with Crippen molar-refractivity contribution in [2.24, 2.45) is 0 Å². The minimum atomic E-state index is 0.152. The van der Waals surface area contributed by atoms with Gasteiger partial charge in [0.05, 0.1) is 17.8 Å². The van der Waals surface area contributed by atoms with Gasteiger partial charge in [0.25, 0.3) is 0 Å². The number of hydrogen-bond donors (Lipinski definition) is 2. The summed E-state index contributed by atoms with van der Waals surface area (Å²) < 4.78 is 5.79. The van der Waals surface area contributed by atoms with E-state index >= 15 is 0 Å². The molecule has 0 aliphatic rings. The van der Waals surface area contributed by atoms with Crippen LogP contribution < -0.4 is 10.1 Å². The van der Waals surface area contributed by atoms with Gasteiger partial charge in [-0.3, -0.25) is 0 Å². The molecule has 1 aromatic heterocycles. The van der Waals surface area contributed by atoms with Crippen LogP contribution in [0.3, 0.4) is 0 Å². The minimum absolute atomic E-state index is 0.152. The number of methoxy groups -OCH3 is 1. The van der Waals surface area contributed by atoms with E-state index in [1.165, 1.54) is 0 Å². The van der Waals surface area contributed by atoms with Crippen molar-refractivity contribution in [3.05, 3.63) is 10.7 Å². The third-order valence-corrected chi connectivity index (χ3v) is 2.75. The number of ether oxygens (including phenoxy) is 1. The zero-order chi connectivity index (χ0) is 12.0. The lowest BCUT2D eigenvalue weighted by Crippen LogP contribution is -2.21. The molecule has 2 N–H and O–H groups in total. The van der Waals surface area contributed by atoms with Crippen molar-refractivity contribution in [3.8, 4) is 5.88 Å². The quantitative estimate of drug-likeness (QED) is 0.836. The molecule has 0 spiro atoms. The lowest BCUT2D eigenvalue weighted by atomic mass is 10.2. The summed E-state index contributed by atoms with van der Waals surface area (Å²) in [6.45, 7) is 2.20. The van der Waals surface area contributed by atoms with Gasteiger partial charge in [0.1, 0.15) is 0 Å². The van der Waals surface area contributed by atoms with E-state index in [1.807, 2.05) is 6.92 Å². The Morgan fingerprint density at radius 1 is 1.62 bits per heavy atom. The Hall–Kier alpha value is -0.880. The van der Waals surface area contributed by atoms with Crippen LogP contribution in [-0.2, 0) is 0 Å². The van der Waals surface area contributed by atoms with Gasteiger partial charge in [-0.05, 0) is 28.8 Å². The normalized spacial score (nSPS) is 12.2. The van der Waals surface area contributed by atoms with Crippen LogP contribution in [0.15, 0.2) is 10.7 Å². The Balaban J connectivity index is 2.72. The van der Waals surface area contributed by atoms with Gasteiger partial charge in [-0.15, -0.1) is 0 Å². The molecule has 0 radical (unpaired) electrons. The average Bonchev–Trinajstić information content (AvgIpc) is 2.30. The molecule has 0 amide bonds. The highest BCUT2D eigenvalue weighted by Gasteiger charge is 2.09. The summed E-state index contributed by atoms with van der Waals surface area (Å²) in [6, 6.07) is 0.177. The molecule has 90 valence electrons. The number of halogens is 1. The topological polar surface area (TPSA) is 67.3 Å². The molecule has 0 aromatic carbocycles. The summed E-state index contributed by atoms with van der Waals surface area (Å²) >= 11 is 3.29. The highest BCUT2D eigenvalue weighted by Crippen LogP contribution is 2.22. The van der Waals surface area contributed by atoms with Gasteiger partial charge in [0.2, 0.25) is 11.8 Å². The fourth-order valence-corrected chi connectivity index (χ4v) is 1.63. The molecular formula is C10H16BrN3O2. The zero-order valence-electron chi connectivity index (χ0n) is 9.40. The fourth-order valence-electron chi connectivity index (χ4n) is 1.28. The van der Waals surface area contributed by atoms with Crippen molar-refractivity contribution in [3.63, 3.8) is 0 Å². The van der Waals surface area contributed by atoms with E-state index in [9.17, 15) is 0 Å². The van der Waals surface area contributed by atoms with E-state index in [1.54, 1.807) is 13.3 Å². The van der Waals surface area contributed by atoms with Crippen LogP contribution in [0.5, 0.6) is 5.88 Å². The largest absolute Gasteiger partial charge is 0.480 e. The maximum absolute atomic E-state index is 8.88. The van der Waals surface area contributed by atoms with E-state index in [4.69, 9.17) is 9.84 Å². The number of hydrogen-bond acceptors (Lipinski definition) is 5. The molecule has 1 unspecified atom stereocenters. The Labute approximate surface area is 103 Å². The summed E-state index contributed by atoms with van der Waals surface area (Å²) in [5, 5.41) is 12.0. The standard InChI is InChI=1S/C10H16BrN3O2/c1-3-7(4-5-15)13-10-12-6-8(11)9(14-10)16-2/h6-7,15H,3-5H2,1-2H3,(H,12,13,14). The Kier molecular flexibility index (Phi) is 5.48. The molecule has 16 heavy (non-hydrogen) atoms. The number of rotatable bonds is 6. The van der Waals surface area contributed by atoms with Crippen LogP contribution in [0, 0.1) is 0 Å². The molecule has 1 atom stereocenters. The highest BCUT2D eigenvalue weighted by molar-refractivity contribution is 9.10. The molecular weight excluding hydrogens is 274 g/mol. The van der Waals surface area contributed by atoms with Crippen molar-refractivity contribution >= 4 is 21.9 Å². The van der Waals surface area contributed by atoms with E-state index in [0.717, 1.165) is 10.9 Å². The van der Waals surface area contributed by atoms with Crippen molar-refractivity contribution in [1.82, 2.24) is 9.97 Å². The molecule has 6 heteroatoms. The van der Waals surface area contributed by atoms with Crippen LogP contribution in [0.2, 0.25) is 0 Å². The maximum atomic E-state index is 8.88. The zero-order valence-corrected chi connectivity index (χ0v) is 11.0. The second-order valence-electron chi connectivity index (χ2n) is 3.31. The molecule has 1 heterocycles. The van der Waals surface area contributed by atoms with Crippen LogP contribution in [-0.4, -0.2) is 34.8 Å². The van der Waals surface area contributed by atoms with Crippen molar-refractivity contribution in [1.29, 1.82) is 0 Å². The number of aliphatic hydroxyl groups excluding tert-OH is 1. The average molecular weight is 290 g/mol. The first-order valence-corrected chi connectivity index (χ1v) is 5.94. The first kappa shape index (κ1) is 13.2.